The number of hydrogen-bond acceptors (Lipinski definition) is 7. The van der Waals surface area contributed by atoms with Crippen LogP contribution in [0.1, 0.15) is 27.7 Å². The van der Waals surface area contributed by atoms with E-state index in [1.54, 1.807) is 7.11 Å². The number of nitrogens with two attached hydrogens (primary N) is 1. The van der Waals surface area contributed by atoms with Crippen LogP contribution in [0.2, 0.25) is 0 Å². The fourth-order valence-electron chi connectivity index (χ4n) is 3.20. The van der Waals surface area contributed by atoms with Gasteiger partial charge in [0.05, 0.1) is 18.9 Å². The van der Waals surface area contributed by atoms with Crippen molar-refractivity contribution < 1.29 is 4.74 Å². The van der Waals surface area contributed by atoms with Gasteiger partial charge in [-0.1, -0.05) is 20.4 Å². The summed E-state index contributed by atoms with van der Waals surface area (Å²) in [6.45, 7) is 16.4. The largest absolute Gasteiger partial charge is 0.495 e. The van der Waals surface area contributed by atoms with Crippen LogP contribution in [-0.2, 0) is 4.74 Å². The maximum Gasteiger partial charge on any atom is 0.157 e. The summed E-state index contributed by atoms with van der Waals surface area (Å²) < 4.78 is 5.29. The van der Waals surface area contributed by atoms with E-state index in [4.69, 9.17) is 10.5 Å². The van der Waals surface area contributed by atoms with E-state index < -0.39 is 6.04 Å². The Morgan fingerprint density at radius 3 is 2.32 bits per heavy atom. The molecule has 1 fully saturated rings. The summed E-state index contributed by atoms with van der Waals surface area (Å²) in [5.41, 5.74) is 7.40. The smallest absolute Gasteiger partial charge is 0.157 e. The fraction of sp³-hybridized carbons (Fsp3) is 0.722. The van der Waals surface area contributed by atoms with Crippen LogP contribution in [0.3, 0.4) is 0 Å². The highest BCUT2D eigenvalue weighted by atomic mass is 16.5. The van der Waals surface area contributed by atoms with Crippen molar-refractivity contribution in [1.82, 2.24) is 20.0 Å². The summed E-state index contributed by atoms with van der Waals surface area (Å²) in [4.78, 5) is 6.89. The Morgan fingerprint density at radius 1 is 1.32 bits per heavy atom. The van der Waals surface area contributed by atoms with Crippen molar-refractivity contribution in [3.05, 3.63) is 23.7 Å². The molecule has 2 heterocycles. The molecule has 7 heteroatoms. The van der Waals surface area contributed by atoms with Crippen molar-refractivity contribution in [2.45, 2.75) is 46.1 Å². The molecule has 25 heavy (non-hydrogen) atoms. The number of ether oxygens (including phenoxy) is 1. The van der Waals surface area contributed by atoms with Gasteiger partial charge in [-0.25, -0.2) is 0 Å². The minimum Gasteiger partial charge on any atom is -0.495 e. The van der Waals surface area contributed by atoms with Gasteiger partial charge in [0.15, 0.2) is 6.29 Å². The lowest BCUT2D eigenvalue weighted by Gasteiger charge is -2.42. The molecule has 0 aliphatic carbocycles. The summed E-state index contributed by atoms with van der Waals surface area (Å²) in [5.74, 6) is 0.518. The average Bonchev–Trinajstić information content (AvgIpc) is 2.99. The molecule has 0 bridgehead atoms. The first-order valence-corrected chi connectivity index (χ1v) is 9.00. The lowest BCUT2D eigenvalue weighted by molar-refractivity contribution is 0.0227. The van der Waals surface area contributed by atoms with Gasteiger partial charge in [0.2, 0.25) is 0 Å². The van der Waals surface area contributed by atoms with Gasteiger partial charge in [0, 0.05) is 39.3 Å². The van der Waals surface area contributed by atoms with E-state index in [1.807, 2.05) is 20.9 Å². The summed E-state index contributed by atoms with van der Waals surface area (Å²) in [6, 6.07) is 1.93. The zero-order valence-electron chi connectivity index (χ0n) is 16.5. The first-order valence-electron chi connectivity index (χ1n) is 9.00. The Hall–Kier alpha value is -1.75. The number of hydrogen-bond donors (Lipinski definition) is 2. The normalized spacial score (nSPS) is 22.8. The third-order valence-electron chi connectivity index (χ3n) is 4.64. The van der Waals surface area contributed by atoms with Gasteiger partial charge < -0.3 is 20.7 Å². The van der Waals surface area contributed by atoms with E-state index in [9.17, 15) is 5.26 Å². The van der Waals surface area contributed by atoms with Crippen LogP contribution < -0.4 is 11.1 Å². The molecular weight excluding hydrogens is 316 g/mol. The van der Waals surface area contributed by atoms with Crippen LogP contribution in [0.15, 0.2) is 23.7 Å². The van der Waals surface area contributed by atoms with Gasteiger partial charge in [-0.15, -0.1) is 0 Å². The molecule has 0 radical (unpaired) electrons. The average molecular weight is 351 g/mol. The molecule has 2 atom stereocenters. The third kappa shape index (κ3) is 4.66. The molecule has 142 valence electrons. The van der Waals surface area contributed by atoms with Crippen LogP contribution in [-0.4, -0.2) is 73.4 Å². The lowest BCUT2D eigenvalue weighted by atomic mass is 10.2. The van der Waals surface area contributed by atoms with Crippen molar-refractivity contribution in [1.29, 1.82) is 5.26 Å². The van der Waals surface area contributed by atoms with E-state index in [1.165, 1.54) is 0 Å². The van der Waals surface area contributed by atoms with Crippen LogP contribution >= 0.6 is 0 Å². The van der Waals surface area contributed by atoms with Crippen LogP contribution in [0.5, 0.6) is 0 Å². The first kappa shape index (κ1) is 21.3. The number of nitrogens with one attached hydrogen (secondary N) is 1. The highest BCUT2D eigenvalue weighted by Crippen LogP contribution is 2.28. The van der Waals surface area contributed by atoms with Crippen molar-refractivity contribution in [2.75, 3.05) is 40.3 Å². The molecular formula is C18H34N6O. The van der Waals surface area contributed by atoms with E-state index in [0.29, 0.717) is 17.5 Å². The molecule has 2 aliphatic rings. The van der Waals surface area contributed by atoms with Gasteiger partial charge in [-0.2, -0.15) is 5.26 Å². The first-order chi connectivity index (χ1) is 11.9. The third-order valence-corrected chi connectivity index (χ3v) is 4.64. The maximum atomic E-state index is 9.19. The number of likely N-dealkylation sites (N-methyl/N-ethyl adjacent to an activating group) is 1. The number of piperazine rings is 1. The van der Waals surface area contributed by atoms with Gasteiger partial charge >= 0.3 is 0 Å². The molecule has 0 aromatic carbocycles. The minimum absolute atomic E-state index is 0.0272. The predicted octanol–water partition coefficient (Wildman–Crippen LogP) is 1.08. The fourth-order valence-corrected chi connectivity index (χ4v) is 3.20. The number of methoxy groups -OCH3 is 1. The van der Waals surface area contributed by atoms with E-state index in [-0.39, 0.29) is 6.29 Å². The SMILES string of the molecule is C=C(OC)C1=C(C(N)C#N)NC(N2CCN(C(C)C)CC2)N1C.CC. The van der Waals surface area contributed by atoms with Gasteiger partial charge in [0.25, 0.3) is 0 Å². The molecule has 7 nitrogen and oxygen atoms in total. The predicted molar refractivity (Wildman–Crippen MR) is 101 cm³/mol. The quantitative estimate of drug-likeness (QED) is 0.718. The Balaban J connectivity index is 0.00000151. The highest BCUT2D eigenvalue weighted by Gasteiger charge is 2.37. The zero-order valence-corrected chi connectivity index (χ0v) is 16.5. The number of rotatable bonds is 5. The zero-order chi connectivity index (χ0) is 19.1. The Morgan fingerprint density at radius 2 is 1.88 bits per heavy atom. The monoisotopic (exact) mass is 350 g/mol. The van der Waals surface area contributed by atoms with E-state index in [0.717, 1.165) is 31.9 Å². The second kappa shape index (κ2) is 9.66. The van der Waals surface area contributed by atoms with Crippen molar-refractivity contribution in [3.63, 3.8) is 0 Å². The Labute approximate surface area is 152 Å². The van der Waals surface area contributed by atoms with Crippen molar-refractivity contribution in [3.8, 4) is 6.07 Å². The van der Waals surface area contributed by atoms with Crippen molar-refractivity contribution in [2.24, 2.45) is 5.73 Å². The molecule has 1 saturated heterocycles. The lowest BCUT2D eigenvalue weighted by Crippen LogP contribution is -2.58. The Kier molecular flexibility index (Phi) is 8.23. The minimum atomic E-state index is -0.721. The molecule has 2 rings (SSSR count). The summed E-state index contributed by atoms with van der Waals surface area (Å²) in [6.07, 6.45) is -0.0272. The molecule has 2 unspecified atom stereocenters. The summed E-state index contributed by atoms with van der Waals surface area (Å²) >= 11 is 0. The molecule has 0 spiro atoms. The van der Waals surface area contributed by atoms with Crippen molar-refractivity contribution >= 4 is 0 Å². The number of nitriles is 1. The van der Waals surface area contributed by atoms with E-state index in [2.05, 4.69) is 46.5 Å². The van der Waals surface area contributed by atoms with Gasteiger partial charge in [0.1, 0.15) is 17.5 Å². The number of nitrogens with zero attached hydrogens (tertiary/aromatic N) is 4. The van der Waals surface area contributed by atoms with Crippen LogP contribution in [0.4, 0.5) is 0 Å². The highest BCUT2D eigenvalue weighted by molar-refractivity contribution is 5.37. The second-order valence-electron chi connectivity index (χ2n) is 6.29. The molecule has 0 saturated carbocycles. The Bertz CT molecular complexity index is 516. The molecule has 3 N–H and O–H groups in total. The summed E-state index contributed by atoms with van der Waals surface area (Å²) in [7, 11) is 3.55. The molecule has 0 aromatic rings. The second-order valence-corrected chi connectivity index (χ2v) is 6.29. The standard InChI is InChI=1S/C16H28N6O.C2H6/c1-11(2)21-6-8-22(9-7-21)16-19-14(13(18)10-17)15(20(16)4)12(3)23-5;1-2/h11,13,16,19H,3,6-9,18H2,1-2,4-5H3;1-2H3. The van der Waals surface area contributed by atoms with Crippen LogP contribution in [0.25, 0.3) is 0 Å². The molecule has 2 aliphatic heterocycles. The topological polar surface area (TPSA) is 80.8 Å². The van der Waals surface area contributed by atoms with Gasteiger partial charge in [-0.05, 0) is 13.8 Å². The van der Waals surface area contributed by atoms with Gasteiger partial charge in [-0.3, -0.25) is 9.80 Å². The van der Waals surface area contributed by atoms with E-state index >= 15 is 0 Å². The van der Waals surface area contributed by atoms with Crippen LogP contribution in [0, 0.1) is 11.3 Å². The molecule has 0 aromatic heterocycles. The summed E-state index contributed by atoms with van der Waals surface area (Å²) in [5, 5.41) is 12.6. The maximum absolute atomic E-state index is 9.19. The molecule has 0 amide bonds.